The predicted octanol–water partition coefficient (Wildman–Crippen LogP) is 2.87. The molecule has 19 heavy (non-hydrogen) atoms. The van der Waals surface area contributed by atoms with Gasteiger partial charge < -0.3 is 10.2 Å². The second-order valence-electron chi connectivity index (χ2n) is 6.04. The van der Waals surface area contributed by atoms with E-state index >= 15 is 0 Å². The number of rotatable bonds is 2. The van der Waals surface area contributed by atoms with E-state index in [9.17, 15) is 0 Å². The lowest BCUT2D eigenvalue weighted by Gasteiger charge is -2.43. The molecule has 2 aliphatic rings. The number of nitrogens with zero attached hydrogens (tertiary/aromatic N) is 2. The number of hydrogen-bond acceptors (Lipinski definition) is 4. The van der Waals surface area contributed by atoms with E-state index in [0.717, 1.165) is 31.1 Å². The van der Waals surface area contributed by atoms with E-state index in [1.807, 2.05) is 5.51 Å². The second-order valence-corrected chi connectivity index (χ2v) is 6.93. The van der Waals surface area contributed by atoms with Crippen molar-refractivity contribution in [3.8, 4) is 0 Å². The molecule has 1 aliphatic carbocycles. The maximum atomic E-state index is 4.36. The average Bonchev–Trinajstić information content (AvgIpc) is 3.18. The fraction of sp³-hybridized carbons (Fsp3) is 0.533. The topological polar surface area (TPSA) is 28.2 Å². The molecule has 1 saturated heterocycles. The first-order chi connectivity index (χ1) is 9.24. The van der Waals surface area contributed by atoms with Gasteiger partial charge in [0.25, 0.3) is 0 Å². The van der Waals surface area contributed by atoms with Crippen LogP contribution in [0.15, 0.2) is 23.7 Å². The smallest absolute Gasteiger partial charge is 0.0813 e. The van der Waals surface area contributed by atoms with E-state index in [4.69, 9.17) is 0 Å². The van der Waals surface area contributed by atoms with E-state index in [-0.39, 0.29) is 0 Å². The number of fused-ring (bicyclic) bond motifs is 1. The summed E-state index contributed by atoms with van der Waals surface area (Å²) in [5, 5.41) is 3.74. The van der Waals surface area contributed by atoms with E-state index in [2.05, 4.69) is 40.3 Å². The van der Waals surface area contributed by atoms with E-state index in [1.165, 1.54) is 23.2 Å². The first-order valence-corrected chi connectivity index (χ1v) is 7.96. The summed E-state index contributed by atoms with van der Waals surface area (Å²) in [6, 6.07) is 6.67. The standard InChI is InChI=1S/C15H19N3S/c1-15(11-2-3-11)9-18(7-6-17-15)12-4-5-13-14(8-12)19-10-16-13/h4-5,8,10-11,17H,2-3,6-7,9H2,1H3. The predicted molar refractivity (Wildman–Crippen MR) is 81.0 cm³/mol. The number of anilines is 1. The minimum atomic E-state index is 0.306. The molecular formula is C15H19N3S. The minimum Gasteiger partial charge on any atom is -0.368 e. The lowest BCUT2D eigenvalue weighted by molar-refractivity contribution is 0.285. The van der Waals surface area contributed by atoms with Crippen molar-refractivity contribution in [1.82, 2.24) is 10.3 Å². The third-order valence-corrected chi connectivity index (χ3v) is 5.38. The van der Waals surface area contributed by atoms with Crippen LogP contribution >= 0.6 is 11.3 Å². The Morgan fingerprint density at radius 3 is 3.16 bits per heavy atom. The summed E-state index contributed by atoms with van der Waals surface area (Å²) < 4.78 is 1.30. The molecule has 1 aromatic carbocycles. The van der Waals surface area contributed by atoms with Gasteiger partial charge in [0.15, 0.2) is 0 Å². The molecule has 100 valence electrons. The summed E-state index contributed by atoms with van der Waals surface area (Å²) in [4.78, 5) is 6.90. The fourth-order valence-electron chi connectivity index (χ4n) is 3.26. The van der Waals surface area contributed by atoms with Crippen LogP contribution in [0.2, 0.25) is 0 Å². The highest BCUT2D eigenvalue weighted by molar-refractivity contribution is 7.16. The first kappa shape index (κ1) is 11.7. The molecule has 1 aliphatic heterocycles. The third kappa shape index (κ3) is 2.03. The number of piperazine rings is 1. The summed E-state index contributed by atoms with van der Waals surface area (Å²) >= 11 is 1.73. The summed E-state index contributed by atoms with van der Waals surface area (Å²) in [6.45, 7) is 5.71. The Bertz CT molecular complexity index is 604. The summed E-state index contributed by atoms with van der Waals surface area (Å²) in [5.74, 6) is 0.877. The van der Waals surface area contributed by atoms with Crippen molar-refractivity contribution in [3.05, 3.63) is 23.7 Å². The summed E-state index contributed by atoms with van der Waals surface area (Å²) in [5.41, 5.74) is 4.71. The Labute approximate surface area is 117 Å². The fourth-order valence-corrected chi connectivity index (χ4v) is 3.97. The van der Waals surface area contributed by atoms with E-state index in [0.29, 0.717) is 5.54 Å². The minimum absolute atomic E-state index is 0.306. The van der Waals surface area contributed by atoms with Crippen LogP contribution in [0.1, 0.15) is 19.8 Å². The van der Waals surface area contributed by atoms with Crippen LogP contribution < -0.4 is 10.2 Å². The summed E-state index contributed by atoms with van der Waals surface area (Å²) in [6.07, 6.45) is 2.79. The lowest BCUT2D eigenvalue weighted by atomic mass is 9.92. The Kier molecular flexibility index (Phi) is 2.57. The first-order valence-electron chi connectivity index (χ1n) is 7.08. The molecule has 0 spiro atoms. The van der Waals surface area contributed by atoms with Crippen molar-refractivity contribution in [2.45, 2.75) is 25.3 Å². The number of aromatic nitrogens is 1. The van der Waals surface area contributed by atoms with Crippen molar-refractivity contribution in [3.63, 3.8) is 0 Å². The normalized spacial score (nSPS) is 27.9. The zero-order chi connectivity index (χ0) is 12.9. The highest BCUT2D eigenvalue weighted by Gasteiger charge is 2.43. The average molecular weight is 273 g/mol. The number of thiazole rings is 1. The third-order valence-electron chi connectivity index (χ3n) is 4.59. The SMILES string of the molecule is CC1(C2CC2)CN(c2ccc3ncsc3c2)CCN1. The number of nitrogens with one attached hydrogen (secondary N) is 1. The maximum Gasteiger partial charge on any atom is 0.0813 e. The van der Waals surface area contributed by atoms with Crippen molar-refractivity contribution >= 4 is 27.2 Å². The van der Waals surface area contributed by atoms with E-state index in [1.54, 1.807) is 11.3 Å². The Morgan fingerprint density at radius 1 is 1.42 bits per heavy atom. The van der Waals surface area contributed by atoms with Crippen LogP contribution in [0.3, 0.4) is 0 Å². The van der Waals surface area contributed by atoms with Gasteiger partial charge in [-0.1, -0.05) is 0 Å². The van der Waals surface area contributed by atoms with Crippen LogP contribution in [0.25, 0.3) is 10.2 Å². The molecule has 3 nitrogen and oxygen atoms in total. The molecule has 1 unspecified atom stereocenters. The highest BCUT2D eigenvalue weighted by Crippen LogP contribution is 2.41. The van der Waals surface area contributed by atoms with Crippen molar-refractivity contribution < 1.29 is 0 Å². The van der Waals surface area contributed by atoms with Gasteiger partial charge in [-0.3, -0.25) is 0 Å². The lowest BCUT2D eigenvalue weighted by Crippen LogP contribution is -2.60. The molecule has 1 aromatic heterocycles. The van der Waals surface area contributed by atoms with Gasteiger partial charge in [0, 0.05) is 30.9 Å². The van der Waals surface area contributed by atoms with Gasteiger partial charge in [0.05, 0.1) is 15.7 Å². The molecule has 1 saturated carbocycles. The largest absolute Gasteiger partial charge is 0.368 e. The molecule has 0 radical (unpaired) electrons. The van der Waals surface area contributed by atoms with Crippen molar-refractivity contribution in [2.75, 3.05) is 24.5 Å². The zero-order valence-electron chi connectivity index (χ0n) is 11.2. The molecule has 0 amide bonds. The summed E-state index contributed by atoms with van der Waals surface area (Å²) in [7, 11) is 0. The quantitative estimate of drug-likeness (QED) is 0.912. The van der Waals surface area contributed by atoms with Crippen LogP contribution in [-0.4, -0.2) is 30.2 Å². The van der Waals surface area contributed by atoms with Gasteiger partial charge in [-0.2, -0.15) is 0 Å². The number of hydrogen-bond donors (Lipinski definition) is 1. The van der Waals surface area contributed by atoms with Crippen LogP contribution in [0.5, 0.6) is 0 Å². The molecular weight excluding hydrogens is 254 g/mol. The second kappa shape index (κ2) is 4.18. The van der Waals surface area contributed by atoms with Crippen LogP contribution in [0.4, 0.5) is 5.69 Å². The molecule has 2 aromatic rings. The van der Waals surface area contributed by atoms with Gasteiger partial charge in [-0.15, -0.1) is 11.3 Å². The van der Waals surface area contributed by atoms with Crippen LogP contribution in [-0.2, 0) is 0 Å². The highest BCUT2D eigenvalue weighted by atomic mass is 32.1. The van der Waals surface area contributed by atoms with Crippen LogP contribution in [0, 0.1) is 5.92 Å². The number of benzene rings is 1. The Morgan fingerprint density at radius 2 is 2.32 bits per heavy atom. The molecule has 1 atom stereocenters. The molecule has 4 heteroatoms. The molecule has 0 bridgehead atoms. The molecule has 2 heterocycles. The van der Waals surface area contributed by atoms with Gasteiger partial charge in [0.2, 0.25) is 0 Å². The maximum absolute atomic E-state index is 4.36. The molecule has 4 rings (SSSR count). The van der Waals surface area contributed by atoms with Gasteiger partial charge in [0.1, 0.15) is 0 Å². The van der Waals surface area contributed by atoms with Crippen molar-refractivity contribution in [1.29, 1.82) is 0 Å². The zero-order valence-corrected chi connectivity index (χ0v) is 12.0. The molecule has 1 N–H and O–H groups in total. The van der Waals surface area contributed by atoms with Gasteiger partial charge >= 0.3 is 0 Å². The Hall–Kier alpha value is -1.13. The van der Waals surface area contributed by atoms with Crippen molar-refractivity contribution in [2.24, 2.45) is 5.92 Å². The monoisotopic (exact) mass is 273 g/mol. The van der Waals surface area contributed by atoms with Gasteiger partial charge in [-0.05, 0) is 43.9 Å². The van der Waals surface area contributed by atoms with E-state index < -0.39 is 0 Å². The molecule has 2 fully saturated rings. The van der Waals surface area contributed by atoms with Gasteiger partial charge in [-0.25, -0.2) is 4.98 Å². The Balaban J connectivity index is 1.63.